The monoisotopic (exact) mass is 806 g/mol. The van der Waals surface area contributed by atoms with Crippen LogP contribution < -0.4 is 26.0 Å². The van der Waals surface area contributed by atoms with Crippen molar-refractivity contribution >= 4 is 69.6 Å². The average Bonchev–Trinajstić information content (AvgIpc) is 3.15. The number of benzene rings is 2. The number of rotatable bonds is 6. The molecule has 0 saturated carbocycles. The fourth-order valence-electron chi connectivity index (χ4n) is 5.72. The van der Waals surface area contributed by atoms with Crippen LogP contribution in [0.25, 0.3) is 0 Å². The lowest BCUT2D eigenvalue weighted by atomic mass is 9.93. The Hall–Kier alpha value is -5.98. The summed E-state index contributed by atoms with van der Waals surface area (Å²) >= 11 is 6.39. The first kappa shape index (κ1) is 41.2. The van der Waals surface area contributed by atoms with Crippen molar-refractivity contribution < 1.29 is 50.3 Å². The number of fused-ring (bicyclic) bond motifs is 6. The predicted octanol–water partition coefficient (Wildman–Crippen LogP) is 7.64. The molecule has 2 aromatic heterocycles. The van der Waals surface area contributed by atoms with Gasteiger partial charge in [-0.05, 0) is 79.1 Å². The molecule has 0 unspecified atom stereocenters. The molecular formula is C36H33ClF6N8O5. The average molecular weight is 807 g/mol. The van der Waals surface area contributed by atoms with Crippen molar-refractivity contribution in [2.75, 3.05) is 41.5 Å². The molecule has 6 rings (SSSR count). The van der Waals surface area contributed by atoms with Crippen LogP contribution in [0.4, 0.5) is 65.7 Å². The third-order valence-electron chi connectivity index (χ3n) is 8.54. The first-order chi connectivity index (χ1) is 26.5. The number of methoxy groups -OCH3 is 1. The van der Waals surface area contributed by atoms with Gasteiger partial charge in [0, 0.05) is 48.8 Å². The minimum absolute atomic E-state index is 0.0412. The summed E-state index contributed by atoms with van der Waals surface area (Å²) in [5, 5.41) is 12.9. The second-order valence-corrected chi connectivity index (χ2v) is 13.0. The lowest BCUT2D eigenvalue weighted by molar-refractivity contribution is -0.193. The van der Waals surface area contributed by atoms with E-state index in [1.807, 2.05) is 48.7 Å². The molecule has 4 aromatic rings. The second kappa shape index (κ2) is 17.7. The lowest BCUT2D eigenvalue weighted by Gasteiger charge is -2.31. The largest absolute Gasteiger partial charge is 0.497 e. The molecule has 2 aromatic carbocycles. The molecule has 3 amide bonds. The van der Waals surface area contributed by atoms with E-state index in [1.54, 1.807) is 30.5 Å². The maximum Gasteiger partial charge on any atom is 0.458 e. The first-order valence-corrected chi connectivity index (χ1v) is 17.2. The van der Waals surface area contributed by atoms with Crippen molar-refractivity contribution in [3.8, 4) is 5.75 Å². The van der Waals surface area contributed by atoms with Crippen molar-refractivity contribution in [2.45, 2.75) is 44.5 Å². The maximum atomic E-state index is 13.2. The molecule has 1 saturated heterocycles. The van der Waals surface area contributed by atoms with E-state index in [0.717, 1.165) is 47.5 Å². The number of hydrogen-bond donors (Lipinski definition) is 4. The molecular weight excluding hydrogens is 774 g/mol. The summed E-state index contributed by atoms with van der Waals surface area (Å²) in [6.07, 6.45) is -3.12. The molecule has 296 valence electrons. The second-order valence-electron chi connectivity index (χ2n) is 12.6. The molecule has 0 atom stereocenters. The van der Waals surface area contributed by atoms with Gasteiger partial charge in [-0.25, -0.2) is 9.78 Å². The van der Waals surface area contributed by atoms with Gasteiger partial charge in [-0.1, -0.05) is 17.7 Å². The van der Waals surface area contributed by atoms with Crippen LogP contribution in [0.2, 0.25) is 5.02 Å². The van der Waals surface area contributed by atoms with E-state index in [9.17, 15) is 45.5 Å². The van der Waals surface area contributed by atoms with E-state index in [4.69, 9.17) is 16.3 Å². The normalized spacial score (nSPS) is 14.2. The van der Waals surface area contributed by atoms with Crippen molar-refractivity contribution in [2.24, 2.45) is 5.92 Å². The van der Waals surface area contributed by atoms with Gasteiger partial charge in [0.15, 0.2) is 5.82 Å². The number of amides is 3. The van der Waals surface area contributed by atoms with Gasteiger partial charge >= 0.3 is 30.0 Å². The van der Waals surface area contributed by atoms with Crippen molar-refractivity contribution in [3.63, 3.8) is 0 Å². The standard InChI is InChI=1S/C32H33ClN8O3.C4F6O2/c1-44-26-4-2-3-23(16-26)38-32(43)41-11-9-20(10-12-41)14-29(42)39-28-8-7-24-15-22(28)6-5-21-13-25(18-34-17-21)37-31-35-19-27(33)30(36-24)40-31;5-3(6,7)1(11)2(12)4(8,9)10/h2-4,7-8,13,15-20H,5-6,9-12,14H2,1H3,(H,38,43)(H,39,42)(H2,35,36,37,40);. The Morgan fingerprint density at radius 1 is 0.875 bits per heavy atom. The Balaban J connectivity index is 0.000000433. The number of carbonyl (C=O) groups is 4. The van der Waals surface area contributed by atoms with Crippen LogP contribution in [0, 0.1) is 5.92 Å². The number of likely N-dealkylation sites (tertiary alicyclic amines) is 1. The molecule has 2 aliphatic rings. The summed E-state index contributed by atoms with van der Waals surface area (Å²) in [6.45, 7) is 1.18. The number of hydrogen-bond acceptors (Lipinski definition) is 10. The molecule has 6 bridgehead atoms. The smallest absolute Gasteiger partial charge is 0.458 e. The molecule has 0 spiro atoms. The zero-order valence-electron chi connectivity index (χ0n) is 29.4. The zero-order valence-corrected chi connectivity index (χ0v) is 30.1. The van der Waals surface area contributed by atoms with Gasteiger partial charge in [0.2, 0.25) is 11.9 Å². The zero-order chi connectivity index (χ0) is 40.6. The summed E-state index contributed by atoms with van der Waals surface area (Å²) in [6, 6.07) is 15.0. The van der Waals surface area contributed by atoms with Gasteiger partial charge in [0.25, 0.3) is 0 Å². The van der Waals surface area contributed by atoms with Gasteiger partial charge in [0.05, 0.1) is 25.2 Å². The molecule has 4 N–H and O–H groups in total. The summed E-state index contributed by atoms with van der Waals surface area (Å²) in [7, 11) is 1.59. The van der Waals surface area contributed by atoms with Gasteiger partial charge in [-0.15, -0.1) is 0 Å². The number of nitrogens with one attached hydrogen (secondary N) is 4. The van der Waals surface area contributed by atoms with Crippen LogP contribution in [-0.2, 0) is 27.2 Å². The lowest BCUT2D eigenvalue weighted by Crippen LogP contribution is -2.41. The van der Waals surface area contributed by atoms with Gasteiger partial charge in [-0.3, -0.25) is 19.4 Å². The highest BCUT2D eigenvalue weighted by molar-refractivity contribution is 6.41. The molecule has 2 aliphatic heterocycles. The minimum atomic E-state index is -5.77. The fourth-order valence-corrected chi connectivity index (χ4v) is 5.86. The highest BCUT2D eigenvalue weighted by Crippen LogP contribution is 2.30. The van der Waals surface area contributed by atoms with Crippen LogP contribution in [0.15, 0.2) is 67.1 Å². The number of nitrogens with zero attached hydrogens (tertiary/aromatic N) is 4. The van der Waals surface area contributed by atoms with Crippen LogP contribution in [0.5, 0.6) is 5.75 Å². The van der Waals surface area contributed by atoms with Gasteiger partial charge in [-0.2, -0.15) is 31.3 Å². The topological polar surface area (TPSA) is 168 Å². The quantitative estimate of drug-likeness (QED) is 0.112. The number of alkyl halides is 6. The number of aryl methyl sites for hydroxylation is 2. The molecule has 1 fully saturated rings. The number of pyridine rings is 1. The number of piperidine rings is 1. The van der Waals surface area contributed by atoms with E-state index in [2.05, 4.69) is 36.2 Å². The number of carbonyl (C=O) groups excluding carboxylic acids is 4. The number of ketones is 2. The summed E-state index contributed by atoms with van der Waals surface area (Å²) in [5.41, 5.74) is 5.05. The van der Waals surface area contributed by atoms with Crippen LogP contribution in [-0.4, -0.2) is 75.9 Å². The van der Waals surface area contributed by atoms with Crippen molar-refractivity contribution in [3.05, 3.63) is 83.3 Å². The molecule has 20 heteroatoms. The maximum absolute atomic E-state index is 13.2. The van der Waals surface area contributed by atoms with E-state index < -0.39 is 23.9 Å². The molecule has 4 heterocycles. The number of urea groups is 1. The Bertz CT molecular complexity index is 2070. The number of Topliss-reactive ketones (excluding diaryl/α,β-unsaturated/α-hetero) is 2. The minimum Gasteiger partial charge on any atom is -0.497 e. The molecule has 56 heavy (non-hydrogen) atoms. The highest BCUT2D eigenvalue weighted by atomic mass is 35.5. The predicted molar refractivity (Wildman–Crippen MR) is 193 cm³/mol. The Labute approximate surface area is 320 Å². The first-order valence-electron chi connectivity index (χ1n) is 16.8. The van der Waals surface area contributed by atoms with Gasteiger partial charge in [0.1, 0.15) is 10.8 Å². The van der Waals surface area contributed by atoms with Crippen LogP contribution >= 0.6 is 11.6 Å². The Kier molecular flexibility index (Phi) is 13.0. The van der Waals surface area contributed by atoms with Crippen LogP contribution in [0.3, 0.4) is 0 Å². The summed E-state index contributed by atoms with van der Waals surface area (Å²) in [5.74, 6) is -5.10. The van der Waals surface area contributed by atoms with Gasteiger partial charge < -0.3 is 30.9 Å². The number of ether oxygens (including phenoxy) is 1. The highest BCUT2D eigenvalue weighted by Gasteiger charge is 2.54. The Morgan fingerprint density at radius 3 is 2.27 bits per heavy atom. The summed E-state index contributed by atoms with van der Waals surface area (Å²) < 4.78 is 72.2. The Morgan fingerprint density at radius 2 is 1.59 bits per heavy atom. The summed E-state index contributed by atoms with van der Waals surface area (Å²) in [4.78, 5) is 60.2. The molecule has 13 nitrogen and oxygen atoms in total. The molecule has 0 aliphatic carbocycles. The van der Waals surface area contributed by atoms with Crippen molar-refractivity contribution in [1.29, 1.82) is 0 Å². The number of halogens is 7. The number of aromatic nitrogens is 3. The van der Waals surface area contributed by atoms with E-state index in [0.29, 0.717) is 54.2 Å². The van der Waals surface area contributed by atoms with Crippen molar-refractivity contribution in [1.82, 2.24) is 19.9 Å². The van der Waals surface area contributed by atoms with E-state index >= 15 is 0 Å². The fraction of sp³-hybridized carbons (Fsp3) is 0.306. The van der Waals surface area contributed by atoms with E-state index in [-0.39, 0.29) is 17.9 Å². The van der Waals surface area contributed by atoms with Crippen LogP contribution in [0.1, 0.15) is 30.4 Å². The van der Waals surface area contributed by atoms with E-state index in [1.165, 1.54) is 0 Å². The third-order valence-corrected chi connectivity index (χ3v) is 8.81. The SMILES string of the molecule is COc1cccc(NC(=O)N2CCC(CC(=O)Nc3ccc4cc3CCc3cncc(c3)Nc3ncc(Cl)c(n3)N4)CC2)c1.O=C(C(=O)C(F)(F)F)C(F)(F)F. The number of anilines is 6. The molecule has 0 radical (unpaired) electrons. The third kappa shape index (κ3) is 11.3.